The van der Waals surface area contributed by atoms with Crippen LogP contribution in [0.4, 0.5) is 5.69 Å². The number of aryl methyl sites for hydroxylation is 2. The number of methoxy groups -OCH3 is 1. The number of nitrogens with one attached hydrogen (secondary N) is 2. The van der Waals surface area contributed by atoms with Crippen molar-refractivity contribution in [3.63, 3.8) is 0 Å². The third-order valence-electron chi connectivity index (χ3n) is 5.47. The zero-order valence-electron chi connectivity index (χ0n) is 19.0. The lowest BCUT2D eigenvalue weighted by Crippen LogP contribution is -2.28. The maximum Gasteiger partial charge on any atom is 0.263 e. The molecule has 0 aliphatic carbocycles. The molecule has 0 spiro atoms. The standard InChI is InChI=1S/C25H27ClN2O4S/c1-5-23(18-7-11-21(32-4)12-8-18)27-25(29)19-9-13-22(26)24(15-19)33(30,31)28-20-10-6-16(2)17(3)14-20/h6-15,23,28H,5H2,1-4H3,(H,27,29)/t23-/m0/s1. The van der Waals surface area contributed by atoms with Crippen molar-refractivity contribution in [1.29, 1.82) is 0 Å². The Kier molecular flexibility index (Phi) is 7.66. The second-order valence-electron chi connectivity index (χ2n) is 7.76. The van der Waals surface area contributed by atoms with Gasteiger partial charge >= 0.3 is 0 Å². The van der Waals surface area contributed by atoms with Gasteiger partial charge in [0, 0.05) is 11.3 Å². The number of ether oxygens (including phenoxy) is 1. The van der Waals surface area contributed by atoms with Gasteiger partial charge in [-0.3, -0.25) is 9.52 Å². The lowest BCUT2D eigenvalue weighted by molar-refractivity contribution is 0.0935. The highest BCUT2D eigenvalue weighted by atomic mass is 35.5. The third-order valence-corrected chi connectivity index (χ3v) is 7.34. The molecule has 0 aliphatic heterocycles. The second kappa shape index (κ2) is 10.3. The second-order valence-corrected chi connectivity index (χ2v) is 9.82. The van der Waals surface area contributed by atoms with Gasteiger partial charge in [-0.2, -0.15) is 0 Å². The molecule has 0 unspecified atom stereocenters. The molecule has 3 aromatic carbocycles. The summed E-state index contributed by atoms with van der Waals surface area (Å²) in [6.07, 6.45) is 0.658. The number of carbonyl (C=O) groups excluding carboxylic acids is 1. The van der Waals surface area contributed by atoms with Crippen LogP contribution in [0.3, 0.4) is 0 Å². The summed E-state index contributed by atoms with van der Waals surface area (Å²) < 4.78 is 33.8. The van der Waals surface area contributed by atoms with Crippen LogP contribution in [0.15, 0.2) is 65.6 Å². The molecule has 6 nitrogen and oxygen atoms in total. The van der Waals surface area contributed by atoms with Crippen molar-refractivity contribution in [2.45, 2.75) is 38.1 Å². The van der Waals surface area contributed by atoms with Crippen LogP contribution in [0.1, 0.15) is 46.4 Å². The number of halogens is 1. The van der Waals surface area contributed by atoms with E-state index >= 15 is 0 Å². The number of hydrogen-bond acceptors (Lipinski definition) is 4. The molecular formula is C25H27ClN2O4S. The van der Waals surface area contributed by atoms with Gasteiger partial charge in [0.05, 0.1) is 18.2 Å². The average molecular weight is 487 g/mol. The van der Waals surface area contributed by atoms with E-state index < -0.39 is 15.9 Å². The minimum absolute atomic E-state index is 0.0325. The molecule has 0 aromatic heterocycles. The summed E-state index contributed by atoms with van der Waals surface area (Å²) in [5, 5.41) is 2.99. The molecule has 3 aromatic rings. The van der Waals surface area contributed by atoms with Gasteiger partial charge in [-0.15, -0.1) is 0 Å². The van der Waals surface area contributed by atoms with Gasteiger partial charge in [-0.05, 0) is 79.4 Å². The van der Waals surface area contributed by atoms with E-state index in [1.54, 1.807) is 19.2 Å². The molecule has 1 amide bonds. The maximum absolute atomic E-state index is 13.0. The SMILES string of the molecule is CC[C@H](NC(=O)c1ccc(Cl)c(S(=O)(=O)Nc2ccc(C)c(C)c2)c1)c1ccc(OC)cc1. The van der Waals surface area contributed by atoms with Gasteiger partial charge in [0.15, 0.2) is 0 Å². The summed E-state index contributed by atoms with van der Waals surface area (Å²) in [6.45, 7) is 5.81. The number of benzene rings is 3. The van der Waals surface area contributed by atoms with Gasteiger partial charge in [0.2, 0.25) is 0 Å². The molecule has 33 heavy (non-hydrogen) atoms. The Morgan fingerprint density at radius 2 is 1.70 bits per heavy atom. The Morgan fingerprint density at radius 1 is 1.00 bits per heavy atom. The molecule has 3 rings (SSSR count). The molecular weight excluding hydrogens is 460 g/mol. The number of rotatable bonds is 8. The van der Waals surface area contributed by atoms with E-state index in [-0.39, 0.29) is 21.5 Å². The fourth-order valence-electron chi connectivity index (χ4n) is 3.36. The van der Waals surface area contributed by atoms with Crippen molar-refractivity contribution in [3.8, 4) is 5.75 Å². The molecule has 0 aliphatic rings. The number of anilines is 1. The normalized spacial score (nSPS) is 12.2. The van der Waals surface area contributed by atoms with Crippen molar-refractivity contribution >= 4 is 33.2 Å². The Bertz CT molecular complexity index is 1260. The minimum Gasteiger partial charge on any atom is -0.497 e. The molecule has 8 heteroatoms. The quantitative estimate of drug-likeness (QED) is 0.431. The monoisotopic (exact) mass is 486 g/mol. The predicted molar refractivity (Wildman–Crippen MR) is 132 cm³/mol. The van der Waals surface area contributed by atoms with Crippen LogP contribution in [0.2, 0.25) is 5.02 Å². The largest absolute Gasteiger partial charge is 0.497 e. The first kappa shape index (κ1) is 24.6. The molecule has 0 bridgehead atoms. The Hall–Kier alpha value is -3.03. The highest BCUT2D eigenvalue weighted by molar-refractivity contribution is 7.92. The van der Waals surface area contributed by atoms with Crippen molar-refractivity contribution in [1.82, 2.24) is 5.32 Å². The van der Waals surface area contributed by atoms with E-state index in [9.17, 15) is 13.2 Å². The molecule has 2 N–H and O–H groups in total. The topological polar surface area (TPSA) is 84.5 Å². The van der Waals surface area contributed by atoms with Gasteiger partial charge in [-0.25, -0.2) is 8.42 Å². The van der Waals surface area contributed by atoms with Crippen molar-refractivity contribution in [2.75, 3.05) is 11.8 Å². The minimum atomic E-state index is -4.00. The Balaban J connectivity index is 1.84. The highest BCUT2D eigenvalue weighted by Gasteiger charge is 2.22. The van der Waals surface area contributed by atoms with E-state index in [2.05, 4.69) is 10.0 Å². The summed E-state index contributed by atoms with van der Waals surface area (Å²) in [6, 6.07) is 16.7. The number of sulfonamides is 1. The van der Waals surface area contributed by atoms with E-state index in [1.165, 1.54) is 18.2 Å². The molecule has 0 heterocycles. The average Bonchev–Trinajstić information content (AvgIpc) is 2.79. The van der Waals surface area contributed by atoms with Gasteiger partial charge in [-0.1, -0.05) is 36.7 Å². The zero-order chi connectivity index (χ0) is 24.2. The van der Waals surface area contributed by atoms with Crippen molar-refractivity contribution in [3.05, 3.63) is 87.9 Å². The van der Waals surface area contributed by atoms with E-state index in [0.717, 1.165) is 22.4 Å². The van der Waals surface area contributed by atoms with Crippen LogP contribution in [0.25, 0.3) is 0 Å². The first-order valence-corrected chi connectivity index (χ1v) is 12.3. The van der Waals surface area contributed by atoms with Crippen LogP contribution >= 0.6 is 11.6 Å². The first-order valence-electron chi connectivity index (χ1n) is 10.5. The lowest BCUT2D eigenvalue weighted by atomic mass is 10.0. The fraction of sp³-hybridized carbons (Fsp3) is 0.240. The molecule has 0 saturated carbocycles. The maximum atomic E-state index is 13.0. The molecule has 0 fully saturated rings. The van der Waals surface area contributed by atoms with Gasteiger partial charge < -0.3 is 10.1 Å². The number of carbonyl (C=O) groups is 1. The van der Waals surface area contributed by atoms with E-state index in [0.29, 0.717) is 12.1 Å². The van der Waals surface area contributed by atoms with E-state index in [4.69, 9.17) is 16.3 Å². The van der Waals surface area contributed by atoms with Crippen LogP contribution in [-0.2, 0) is 10.0 Å². The van der Waals surface area contributed by atoms with E-state index in [1.807, 2.05) is 51.1 Å². The molecule has 0 saturated heterocycles. The summed E-state index contributed by atoms with van der Waals surface area (Å²) >= 11 is 6.20. The van der Waals surface area contributed by atoms with Crippen LogP contribution in [0, 0.1) is 13.8 Å². The predicted octanol–water partition coefficient (Wildman–Crippen LogP) is 5.65. The zero-order valence-corrected chi connectivity index (χ0v) is 20.5. The third kappa shape index (κ3) is 5.86. The van der Waals surface area contributed by atoms with Crippen LogP contribution < -0.4 is 14.8 Å². The van der Waals surface area contributed by atoms with Crippen LogP contribution in [-0.4, -0.2) is 21.4 Å². The number of amides is 1. The van der Waals surface area contributed by atoms with Crippen LogP contribution in [0.5, 0.6) is 5.75 Å². The van der Waals surface area contributed by atoms with Gasteiger partial charge in [0.1, 0.15) is 10.6 Å². The summed E-state index contributed by atoms with van der Waals surface area (Å²) in [5.41, 5.74) is 3.56. The molecule has 1 atom stereocenters. The van der Waals surface area contributed by atoms with Gasteiger partial charge in [0.25, 0.3) is 15.9 Å². The lowest BCUT2D eigenvalue weighted by Gasteiger charge is -2.18. The number of hydrogen-bond donors (Lipinski definition) is 2. The first-order chi connectivity index (χ1) is 15.6. The summed E-state index contributed by atoms with van der Waals surface area (Å²) in [4.78, 5) is 12.8. The van der Waals surface area contributed by atoms with Crippen molar-refractivity contribution < 1.29 is 17.9 Å². The Morgan fingerprint density at radius 3 is 2.30 bits per heavy atom. The Labute approximate surface area is 200 Å². The molecule has 0 radical (unpaired) electrons. The summed E-state index contributed by atoms with van der Waals surface area (Å²) in [7, 11) is -2.41. The fourth-order valence-corrected chi connectivity index (χ4v) is 4.94. The highest BCUT2D eigenvalue weighted by Crippen LogP contribution is 2.27. The smallest absolute Gasteiger partial charge is 0.263 e. The van der Waals surface area contributed by atoms with Crippen molar-refractivity contribution in [2.24, 2.45) is 0 Å². The molecule has 174 valence electrons. The summed E-state index contributed by atoms with van der Waals surface area (Å²) in [5.74, 6) is 0.334.